The average Bonchev–Trinajstić information content (AvgIpc) is 2.52. The summed E-state index contributed by atoms with van der Waals surface area (Å²) < 4.78 is 0. The summed E-state index contributed by atoms with van der Waals surface area (Å²) in [7, 11) is 0. The van der Waals surface area contributed by atoms with Crippen LogP contribution in [-0.4, -0.2) is 22.9 Å². The highest BCUT2D eigenvalue weighted by molar-refractivity contribution is 6.21. The van der Waals surface area contributed by atoms with Crippen molar-refractivity contribution < 1.29 is 0 Å². The Morgan fingerprint density at radius 1 is 1.36 bits per heavy atom. The first-order valence-electron chi connectivity index (χ1n) is 5.19. The average molecular weight is 210 g/mol. The molecule has 2 unspecified atom stereocenters. The Labute approximate surface area is 90.7 Å². The summed E-state index contributed by atoms with van der Waals surface area (Å²) in [6.07, 6.45) is 1.12. The Balaban J connectivity index is 1.99. The number of alkyl halides is 1. The van der Waals surface area contributed by atoms with E-state index < -0.39 is 0 Å². The maximum absolute atomic E-state index is 6.18. The van der Waals surface area contributed by atoms with Crippen LogP contribution < -0.4 is 0 Å². The van der Waals surface area contributed by atoms with Crippen LogP contribution in [0.4, 0.5) is 0 Å². The molecule has 1 heterocycles. The molecule has 14 heavy (non-hydrogen) atoms. The number of nitrogens with zero attached hydrogens (tertiary/aromatic N) is 1. The maximum atomic E-state index is 6.18. The van der Waals surface area contributed by atoms with Gasteiger partial charge in [-0.25, -0.2) is 0 Å². The van der Waals surface area contributed by atoms with E-state index >= 15 is 0 Å². The zero-order valence-corrected chi connectivity index (χ0v) is 9.24. The fourth-order valence-electron chi connectivity index (χ4n) is 2.00. The van der Waals surface area contributed by atoms with Crippen molar-refractivity contribution in [2.75, 3.05) is 6.54 Å². The summed E-state index contributed by atoms with van der Waals surface area (Å²) in [5, 5.41) is 0.332. The molecule has 0 bridgehead atoms. The first kappa shape index (κ1) is 10.0. The molecule has 1 aromatic carbocycles. The van der Waals surface area contributed by atoms with E-state index in [-0.39, 0.29) is 0 Å². The quantitative estimate of drug-likeness (QED) is 0.678. The Kier molecular flexibility index (Phi) is 3.09. The SMILES string of the molecule is CC1C(Cl)CCN1Cc1ccccc1. The van der Waals surface area contributed by atoms with Crippen molar-refractivity contribution in [3.8, 4) is 0 Å². The zero-order valence-electron chi connectivity index (χ0n) is 8.49. The molecule has 1 fully saturated rings. The van der Waals surface area contributed by atoms with Crippen LogP contribution in [0.3, 0.4) is 0 Å². The predicted octanol–water partition coefficient (Wildman–Crippen LogP) is 2.89. The fourth-order valence-corrected chi connectivity index (χ4v) is 2.26. The third-order valence-electron chi connectivity index (χ3n) is 3.02. The molecule has 0 amide bonds. The summed E-state index contributed by atoms with van der Waals surface area (Å²) in [5.74, 6) is 0. The molecule has 0 spiro atoms. The number of hydrogen-bond acceptors (Lipinski definition) is 1. The summed E-state index contributed by atoms with van der Waals surface area (Å²) in [4.78, 5) is 2.45. The Morgan fingerprint density at radius 3 is 2.64 bits per heavy atom. The van der Waals surface area contributed by atoms with E-state index in [2.05, 4.69) is 42.2 Å². The highest BCUT2D eigenvalue weighted by Crippen LogP contribution is 2.24. The molecule has 0 radical (unpaired) electrons. The molecule has 1 saturated heterocycles. The molecule has 0 aliphatic carbocycles. The van der Waals surface area contributed by atoms with Gasteiger partial charge in [-0.3, -0.25) is 4.90 Å². The van der Waals surface area contributed by atoms with Crippen molar-refractivity contribution in [2.45, 2.75) is 31.3 Å². The summed E-state index contributed by atoms with van der Waals surface area (Å²) in [5.41, 5.74) is 1.38. The Morgan fingerprint density at radius 2 is 2.07 bits per heavy atom. The van der Waals surface area contributed by atoms with Crippen molar-refractivity contribution in [1.29, 1.82) is 0 Å². The standard InChI is InChI=1S/C12H16ClN/c1-10-12(13)7-8-14(10)9-11-5-3-2-4-6-11/h2-6,10,12H,7-9H2,1H3. The fraction of sp³-hybridized carbons (Fsp3) is 0.500. The van der Waals surface area contributed by atoms with Gasteiger partial charge in [0.15, 0.2) is 0 Å². The minimum Gasteiger partial charge on any atom is -0.295 e. The molecule has 1 aliphatic rings. The van der Waals surface area contributed by atoms with E-state index in [0.29, 0.717) is 11.4 Å². The topological polar surface area (TPSA) is 3.24 Å². The van der Waals surface area contributed by atoms with Gasteiger partial charge in [0.05, 0.1) is 5.38 Å². The first-order valence-corrected chi connectivity index (χ1v) is 5.63. The van der Waals surface area contributed by atoms with Gasteiger partial charge < -0.3 is 0 Å². The van der Waals surface area contributed by atoms with Crippen LogP contribution in [0.15, 0.2) is 30.3 Å². The van der Waals surface area contributed by atoms with Gasteiger partial charge in [0, 0.05) is 19.1 Å². The lowest BCUT2D eigenvalue weighted by atomic mass is 10.2. The molecule has 76 valence electrons. The van der Waals surface area contributed by atoms with Crippen molar-refractivity contribution >= 4 is 11.6 Å². The van der Waals surface area contributed by atoms with Crippen LogP contribution >= 0.6 is 11.6 Å². The number of benzene rings is 1. The second-order valence-corrected chi connectivity index (χ2v) is 4.56. The molecule has 0 N–H and O–H groups in total. The summed E-state index contributed by atoms with van der Waals surface area (Å²) >= 11 is 6.18. The predicted molar refractivity (Wildman–Crippen MR) is 60.6 cm³/mol. The second kappa shape index (κ2) is 4.33. The van der Waals surface area contributed by atoms with E-state index in [0.717, 1.165) is 19.5 Å². The Bertz CT molecular complexity index is 286. The summed E-state index contributed by atoms with van der Waals surface area (Å²) in [6, 6.07) is 11.1. The van der Waals surface area contributed by atoms with E-state index in [1.54, 1.807) is 0 Å². The third-order valence-corrected chi connectivity index (χ3v) is 3.60. The molecular weight excluding hydrogens is 194 g/mol. The van der Waals surface area contributed by atoms with Gasteiger partial charge in [-0.05, 0) is 18.9 Å². The van der Waals surface area contributed by atoms with Gasteiger partial charge in [0.2, 0.25) is 0 Å². The molecular formula is C12H16ClN. The molecule has 0 saturated carbocycles. The minimum absolute atomic E-state index is 0.332. The number of hydrogen-bond donors (Lipinski definition) is 0. The first-order chi connectivity index (χ1) is 6.77. The second-order valence-electron chi connectivity index (χ2n) is 4.00. The molecule has 1 aromatic rings. The normalized spacial score (nSPS) is 28.1. The lowest BCUT2D eigenvalue weighted by Gasteiger charge is -2.22. The molecule has 0 aromatic heterocycles. The van der Waals surface area contributed by atoms with Crippen LogP contribution in [0, 0.1) is 0 Å². The molecule has 1 aliphatic heterocycles. The smallest absolute Gasteiger partial charge is 0.0501 e. The lowest BCUT2D eigenvalue weighted by molar-refractivity contribution is 0.261. The maximum Gasteiger partial charge on any atom is 0.0501 e. The van der Waals surface area contributed by atoms with Crippen LogP contribution in [0.1, 0.15) is 18.9 Å². The highest BCUT2D eigenvalue weighted by atomic mass is 35.5. The van der Waals surface area contributed by atoms with Crippen molar-refractivity contribution in [2.24, 2.45) is 0 Å². The Hall–Kier alpha value is -0.530. The minimum atomic E-state index is 0.332. The lowest BCUT2D eigenvalue weighted by Crippen LogP contribution is -2.29. The van der Waals surface area contributed by atoms with E-state index in [9.17, 15) is 0 Å². The van der Waals surface area contributed by atoms with Crippen LogP contribution in [-0.2, 0) is 6.54 Å². The van der Waals surface area contributed by atoms with Gasteiger partial charge in [0.1, 0.15) is 0 Å². The van der Waals surface area contributed by atoms with Crippen molar-refractivity contribution in [3.05, 3.63) is 35.9 Å². The van der Waals surface area contributed by atoms with Gasteiger partial charge in [-0.15, -0.1) is 11.6 Å². The van der Waals surface area contributed by atoms with Gasteiger partial charge in [-0.2, -0.15) is 0 Å². The molecule has 2 heteroatoms. The van der Waals surface area contributed by atoms with Gasteiger partial charge >= 0.3 is 0 Å². The van der Waals surface area contributed by atoms with Crippen molar-refractivity contribution in [3.63, 3.8) is 0 Å². The largest absolute Gasteiger partial charge is 0.295 e. The van der Waals surface area contributed by atoms with Crippen LogP contribution in [0.5, 0.6) is 0 Å². The van der Waals surface area contributed by atoms with Crippen LogP contribution in [0.25, 0.3) is 0 Å². The van der Waals surface area contributed by atoms with E-state index in [1.165, 1.54) is 5.56 Å². The van der Waals surface area contributed by atoms with Crippen LogP contribution in [0.2, 0.25) is 0 Å². The third kappa shape index (κ3) is 2.10. The molecule has 1 nitrogen and oxygen atoms in total. The van der Waals surface area contributed by atoms with E-state index in [1.807, 2.05) is 0 Å². The zero-order chi connectivity index (χ0) is 9.97. The molecule has 2 atom stereocenters. The molecule has 2 rings (SSSR count). The summed E-state index contributed by atoms with van der Waals surface area (Å²) in [6.45, 7) is 4.38. The van der Waals surface area contributed by atoms with E-state index in [4.69, 9.17) is 11.6 Å². The number of halogens is 1. The monoisotopic (exact) mass is 209 g/mol. The van der Waals surface area contributed by atoms with Crippen molar-refractivity contribution in [1.82, 2.24) is 4.90 Å². The number of rotatable bonds is 2. The van der Waals surface area contributed by atoms with Gasteiger partial charge in [0.25, 0.3) is 0 Å². The highest BCUT2D eigenvalue weighted by Gasteiger charge is 2.28. The number of likely N-dealkylation sites (tertiary alicyclic amines) is 1. The van der Waals surface area contributed by atoms with Gasteiger partial charge in [-0.1, -0.05) is 30.3 Å².